The van der Waals surface area contributed by atoms with E-state index in [9.17, 15) is 4.79 Å². The van der Waals surface area contributed by atoms with Gasteiger partial charge in [0.15, 0.2) is 0 Å². The van der Waals surface area contributed by atoms with Crippen LogP contribution >= 0.6 is 0 Å². The summed E-state index contributed by atoms with van der Waals surface area (Å²) in [6.07, 6.45) is 5.84. The number of nitrogens with one attached hydrogen (secondary N) is 1. The molecule has 3 nitrogen and oxygen atoms in total. The molecule has 0 spiro atoms. The van der Waals surface area contributed by atoms with Gasteiger partial charge in [-0.25, -0.2) is 0 Å². The van der Waals surface area contributed by atoms with Crippen molar-refractivity contribution in [3.63, 3.8) is 0 Å². The summed E-state index contributed by atoms with van der Waals surface area (Å²) in [5.74, 6) is 0.295. The van der Waals surface area contributed by atoms with Gasteiger partial charge in [0, 0.05) is 6.54 Å². The second kappa shape index (κ2) is 6.02. The van der Waals surface area contributed by atoms with Gasteiger partial charge in [0.1, 0.15) is 0 Å². The molecule has 0 aromatic heterocycles. The van der Waals surface area contributed by atoms with Crippen molar-refractivity contribution in [2.45, 2.75) is 52.0 Å². The lowest BCUT2D eigenvalue weighted by Gasteiger charge is -2.14. The first-order valence-electron chi connectivity index (χ1n) is 5.81. The molecule has 1 atom stereocenters. The first-order chi connectivity index (χ1) is 6.79. The first kappa shape index (κ1) is 11.5. The third kappa shape index (κ3) is 2.98. The van der Waals surface area contributed by atoms with Crippen molar-refractivity contribution in [1.29, 1.82) is 0 Å². The Labute approximate surface area is 86.9 Å². The van der Waals surface area contributed by atoms with E-state index in [4.69, 9.17) is 0 Å². The summed E-state index contributed by atoms with van der Waals surface area (Å²) in [7, 11) is 0. The lowest BCUT2D eigenvalue weighted by Crippen LogP contribution is -2.30. The van der Waals surface area contributed by atoms with Gasteiger partial charge in [-0.15, -0.1) is 0 Å². The molecule has 0 saturated carbocycles. The summed E-state index contributed by atoms with van der Waals surface area (Å²) < 4.78 is 0. The highest BCUT2D eigenvalue weighted by Gasteiger charge is 2.28. The fourth-order valence-electron chi connectivity index (χ4n) is 1.84. The van der Waals surface area contributed by atoms with Crippen LogP contribution in [0, 0.1) is 0 Å². The van der Waals surface area contributed by atoms with Crippen LogP contribution in [0.15, 0.2) is 0 Å². The molecule has 1 aliphatic rings. The van der Waals surface area contributed by atoms with Gasteiger partial charge in [-0.05, 0) is 12.8 Å². The van der Waals surface area contributed by atoms with E-state index in [2.05, 4.69) is 19.2 Å². The Kier molecular flexibility index (Phi) is 4.94. The van der Waals surface area contributed by atoms with Crippen molar-refractivity contribution in [2.75, 3.05) is 13.2 Å². The molecule has 0 bridgehead atoms. The Bertz CT molecular complexity index is 182. The lowest BCUT2D eigenvalue weighted by atomic mass is 10.2. The summed E-state index contributed by atoms with van der Waals surface area (Å²) in [4.78, 5) is 13.6. The Morgan fingerprint density at radius 1 is 1.36 bits per heavy atom. The van der Waals surface area contributed by atoms with Crippen molar-refractivity contribution in [2.24, 2.45) is 0 Å². The third-order valence-electron chi connectivity index (χ3n) is 2.83. The molecule has 0 radical (unpaired) electrons. The molecule has 0 aliphatic carbocycles. The molecule has 1 aliphatic heterocycles. The van der Waals surface area contributed by atoms with E-state index in [-0.39, 0.29) is 6.04 Å². The molecular formula is C11H22N2O. The number of hydrogen-bond donors (Lipinski definition) is 1. The molecule has 1 rings (SSSR count). The predicted octanol–water partition coefficient (Wildman–Crippen LogP) is 1.73. The van der Waals surface area contributed by atoms with E-state index >= 15 is 0 Å². The van der Waals surface area contributed by atoms with E-state index in [1.54, 1.807) is 0 Å². The van der Waals surface area contributed by atoms with E-state index in [1.165, 1.54) is 19.3 Å². The van der Waals surface area contributed by atoms with Crippen molar-refractivity contribution < 1.29 is 4.79 Å². The maximum absolute atomic E-state index is 11.7. The van der Waals surface area contributed by atoms with Crippen LogP contribution in [0.25, 0.3) is 0 Å². The zero-order valence-electron chi connectivity index (χ0n) is 9.38. The molecule has 0 aromatic rings. The number of nitrogens with zero attached hydrogens (tertiary/aromatic N) is 1. The van der Waals surface area contributed by atoms with Crippen LogP contribution in [0.3, 0.4) is 0 Å². The summed E-state index contributed by atoms with van der Waals surface area (Å²) in [5, 5.41) is 3.22. The van der Waals surface area contributed by atoms with Gasteiger partial charge in [-0.3, -0.25) is 10.1 Å². The largest absolute Gasteiger partial charge is 0.329 e. The molecule has 82 valence electrons. The molecule has 1 fully saturated rings. The Balaban J connectivity index is 2.16. The molecule has 1 unspecified atom stereocenters. The zero-order valence-corrected chi connectivity index (χ0v) is 9.38. The summed E-state index contributed by atoms with van der Waals surface area (Å²) >= 11 is 0. The topological polar surface area (TPSA) is 32.3 Å². The quantitative estimate of drug-likeness (QED) is 0.659. The molecular weight excluding hydrogens is 176 g/mol. The van der Waals surface area contributed by atoms with Crippen LogP contribution in [0.5, 0.6) is 0 Å². The smallest absolute Gasteiger partial charge is 0.240 e. The summed E-state index contributed by atoms with van der Waals surface area (Å²) in [5.41, 5.74) is 0. The van der Waals surface area contributed by atoms with Crippen LogP contribution in [-0.2, 0) is 4.79 Å². The minimum atomic E-state index is 0.0844. The molecule has 1 amide bonds. The van der Waals surface area contributed by atoms with E-state index in [1.807, 2.05) is 4.90 Å². The molecule has 1 N–H and O–H groups in total. The van der Waals surface area contributed by atoms with Gasteiger partial charge in [-0.2, -0.15) is 0 Å². The van der Waals surface area contributed by atoms with Crippen LogP contribution in [0.4, 0.5) is 0 Å². The second-order valence-corrected chi connectivity index (χ2v) is 3.99. The number of amides is 1. The SMILES string of the molecule is CCCCCCN1CNC(CC)C1=O. The van der Waals surface area contributed by atoms with Crippen LogP contribution in [0.2, 0.25) is 0 Å². The normalized spacial score (nSPS) is 22.0. The zero-order chi connectivity index (χ0) is 10.4. The van der Waals surface area contributed by atoms with Gasteiger partial charge in [0.2, 0.25) is 5.91 Å². The fourth-order valence-corrected chi connectivity index (χ4v) is 1.84. The van der Waals surface area contributed by atoms with Crippen LogP contribution in [0.1, 0.15) is 46.0 Å². The lowest BCUT2D eigenvalue weighted by molar-refractivity contribution is -0.129. The molecule has 1 saturated heterocycles. The number of unbranched alkanes of at least 4 members (excludes halogenated alkanes) is 3. The maximum atomic E-state index is 11.7. The van der Waals surface area contributed by atoms with Crippen molar-refractivity contribution in [1.82, 2.24) is 10.2 Å². The van der Waals surface area contributed by atoms with Gasteiger partial charge in [0.05, 0.1) is 12.7 Å². The average molecular weight is 198 g/mol. The Hall–Kier alpha value is -0.570. The van der Waals surface area contributed by atoms with Gasteiger partial charge >= 0.3 is 0 Å². The van der Waals surface area contributed by atoms with E-state index in [0.717, 1.165) is 26.1 Å². The average Bonchev–Trinajstić information content (AvgIpc) is 2.55. The van der Waals surface area contributed by atoms with Gasteiger partial charge < -0.3 is 4.90 Å². The Morgan fingerprint density at radius 2 is 2.14 bits per heavy atom. The van der Waals surface area contributed by atoms with Crippen LogP contribution in [-0.4, -0.2) is 30.1 Å². The highest BCUT2D eigenvalue weighted by atomic mass is 16.2. The van der Waals surface area contributed by atoms with Crippen LogP contribution < -0.4 is 5.32 Å². The van der Waals surface area contributed by atoms with Crippen molar-refractivity contribution >= 4 is 5.91 Å². The minimum absolute atomic E-state index is 0.0844. The third-order valence-corrected chi connectivity index (χ3v) is 2.83. The maximum Gasteiger partial charge on any atom is 0.240 e. The standard InChI is InChI=1S/C11H22N2O/c1-3-5-6-7-8-13-9-12-10(4-2)11(13)14/h10,12H,3-9H2,1-2H3. The molecule has 3 heteroatoms. The first-order valence-corrected chi connectivity index (χ1v) is 5.81. The number of carbonyl (C=O) groups excluding carboxylic acids is 1. The number of rotatable bonds is 6. The molecule has 14 heavy (non-hydrogen) atoms. The predicted molar refractivity (Wildman–Crippen MR) is 57.9 cm³/mol. The molecule has 1 heterocycles. The van der Waals surface area contributed by atoms with Crippen molar-refractivity contribution in [3.8, 4) is 0 Å². The highest BCUT2D eigenvalue weighted by Crippen LogP contribution is 2.08. The minimum Gasteiger partial charge on any atom is -0.329 e. The fraction of sp³-hybridized carbons (Fsp3) is 0.909. The molecule has 0 aromatic carbocycles. The monoisotopic (exact) mass is 198 g/mol. The van der Waals surface area contributed by atoms with E-state index in [0.29, 0.717) is 5.91 Å². The highest BCUT2D eigenvalue weighted by molar-refractivity contribution is 5.83. The number of hydrogen-bond acceptors (Lipinski definition) is 2. The number of carbonyl (C=O) groups is 1. The summed E-state index contributed by atoms with van der Waals surface area (Å²) in [6, 6.07) is 0.0844. The van der Waals surface area contributed by atoms with Gasteiger partial charge in [0.25, 0.3) is 0 Å². The van der Waals surface area contributed by atoms with E-state index < -0.39 is 0 Å². The second-order valence-electron chi connectivity index (χ2n) is 3.99. The summed E-state index contributed by atoms with van der Waals surface area (Å²) in [6.45, 7) is 5.94. The van der Waals surface area contributed by atoms with Crippen molar-refractivity contribution in [3.05, 3.63) is 0 Å². The Morgan fingerprint density at radius 3 is 2.71 bits per heavy atom. The van der Waals surface area contributed by atoms with Gasteiger partial charge in [-0.1, -0.05) is 33.1 Å².